The average molecular weight is 440 g/mol. The van der Waals surface area contributed by atoms with Crippen LogP contribution in [0.1, 0.15) is 25.7 Å². The second kappa shape index (κ2) is 7.79. The van der Waals surface area contributed by atoms with Crippen molar-refractivity contribution in [1.29, 1.82) is 0 Å². The fraction of sp³-hybridized carbons (Fsp3) is 0.350. The van der Waals surface area contributed by atoms with Crippen LogP contribution in [-0.4, -0.2) is 23.2 Å². The first kappa shape index (κ1) is 20.5. The number of carbonyl (C=O) groups is 2. The smallest absolute Gasteiger partial charge is 0.406 e. The topological polar surface area (TPSA) is 80.3 Å². The lowest BCUT2D eigenvalue weighted by molar-refractivity contribution is -0.274. The zero-order valence-electron chi connectivity index (χ0n) is 15.6. The lowest BCUT2D eigenvalue weighted by Crippen LogP contribution is -2.18. The second-order valence-corrected chi connectivity index (χ2v) is 7.69. The number of pyridine rings is 1. The monoisotopic (exact) mass is 439 g/mol. The van der Waals surface area contributed by atoms with Gasteiger partial charge in [-0.2, -0.15) is 0 Å². The number of hydrogen-bond acceptors (Lipinski definition) is 4. The number of hydrogen-bond donors (Lipinski definition) is 2. The third-order valence-corrected chi connectivity index (χ3v) is 5.13. The molecule has 2 N–H and O–H groups in total. The van der Waals surface area contributed by atoms with Gasteiger partial charge in [-0.25, -0.2) is 4.98 Å². The summed E-state index contributed by atoms with van der Waals surface area (Å²) in [6.07, 6.45) is -1.61. The van der Waals surface area contributed by atoms with Gasteiger partial charge in [-0.15, -0.1) is 13.2 Å². The fourth-order valence-corrected chi connectivity index (χ4v) is 3.11. The zero-order chi connectivity index (χ0) is 21.5. The van der Waals surface area contributed by atoms with Crippen LogP contribution in [0.25, 0.3) is 11.1 Å². The first-order chi connectivity index (χ1) is 14.2. The van der Waals surface area contributed by atoms with Crippen molar-refractivity contribution in [3.63, 3.8) is 0 Å². The number of rotatable bonds is 6. The van der Waals surface area contributed by atoms with Gasteiger partial charge < -0.3 is 15.4 Å². The van der Waals surface area contributed by atoms with Crippen LogP contribution in [0.2, 0.25) is 5.02 Å². The van der Waals surface area contributed by atoms with Gasteiger partial charge in [0, 0.05) is 17.4 Å². The minimum atomic E-state index is -4.80. The summed E-state index contributed by atoms with van der Waals surface area (Å²) in [5.74, 6) is -0.620. The molecule has 1 aromatic heterocycles. The van der Waals surface area contributed by atoms with E-state index in [0.29, 0.717) is 11.1 Å². The molecule has 0 radical (unpaired) electrons. The third kappa shape index (κ3) is 5.02. The number of nitrogens with zero attached hydrogens (tertiary/aromatic N) is 1. The Kier molecular flexibility index (Phi) is 5.31. The number of halogens is 4. The minimum Gasteiger partial charge on any atom is -0.406 e. The minimum absolute atomic E-state index is 0.0609. The second-order valence-electron chi connectivity index (χ2n) is 7.32. The maximum Gasteiger partial charge on any atom is 0.573 e. The van der Waals surface area contributed by atoms with Gasteiger partial charge in [0.05, 0.1) is 5.02 Å². The molecule has 0 bridgehead atoms. The summed E-state index contributed by atoms with van der Waals surface area (Å²) < 4.78 is 41.0. The van der Waals surface area contributed by atoms with Crippen molar-refractivity contribution in [1.82, 2.24) is 4.98 Å². The Morgan fingerprint density at radius 1 is 1.00 bits per heavy atom. The third-order valence-electron chi connectivity index (χ3n) is 4.75. The van der Waals surface area contributed by atoms with E-state index in [1.807, 2.05) is 0 Å². The summed E-state index contributed by atoms with van der Waals surface area (Å²) in [7, 11) is 0. The summed E-state index contributed by atoms with van der Waals surface area (Å²) >= 11 is 6.44. The molecule has 0 unspecified atom stereocenters. The lowest BCUT2D eigenvalue weighted by atomic mass is 10.1. The predicted molar refractivity (Wildman–Crippen MR) is 104 cm³/mol. The Labute approximate surface area is 174 Å². The maximum atomic E-state index is 12.4. The molecule has 0 saturated heterocycles. The van der Waals surface area contributed by atoms with Crippen molar-refractivity contribution >= 4 is 35.1 Å². The molecule has 1 heterocycles. The van der Waals surface area contributed by atoms with E-state index in [0.717, 1.165) is 37.8 Å². The molecule has 10 heteroatoms. The normalized spacial score (nSPS) is 16.1. The van der Waals surface area contributed by atoms with Crippen molar-refractivity contribution in [2.45, 2.75) is 32.0 Å². The number of aromatic nitrogens is 1. The largest absolute Gasteiger partial charge is 0.573 e. The lowest BCUT2D eigenvalue weighted by Gasteiger charge is -2.14. The van der Waals surface area contributed by atoms with Gasteiger partial charge in [-0.05, 0) is 49.4 Å². The molecule has 158 valence electrons. The highest BCUT2D eigenvalue weighted by Gasteiger charge is 2.33. The molecule has 2 aliphatic rings. The number of anilines is 2. The van der Waals surface area contributed by atoms with Crippen LogP contribution >= 0.6 is 11.6 Å². The first-order valence-corrected chi connectivity index (χ1v) is 9.76. The van der Waals surface area contributed by atoms with E-state index >= 15 is 0 Å². The Bertz CT molecular complexity index is 987. The summed E-state index contributed by atoms with van der Waals surface area (Å²) in [6.45, 7) is 0. The van der Waals surface area contributed by atoms with Crippen LogP contribution in [0.15, 0.2) is 30.3 Å². The number of alkyl halides is 3. The molecular formula is C20H17ClF3N3O3. The molecule has 2 aliphatic carbocycles. The predicted octanol–water partition coefficient (Wildman–Crippen LogP) is 5.00. The Morgan fingerprint density at radius 2 is 1.57 bits per heavy atom. The van der Waals surface area contributed by atoms with E-state index < -0.39 is 6.36 Å². The standard InChI is InChI=1S/C20H17ClF3N3O3/c21-16-14(10-5-7-13(8-6-10)30-20(22,23)24)9-15(26-18(28)11-1-2-11)25-17(16)27-19(29)12-3-4-12/h5-9,11-12H,1-4H2,(H2,25,26,27,28,29). The SMILES string of the molecule is O=C(Nc1cc(-c2ccc(OC(F)(F)F)cc2)c(Cl)c(NC(=O)C2CC2)n1)C1CC1. The van der Waals surface area contributed by atoms with Crippen molar-refractivity contribution in [3.05, 3.63) is 35.4 Å². The molecule has 6 nitrogen and oxygen atoms in total. The van der Waals surface area contributed by atoms with E-state index in [4.69, 9.17) is 11.6 Å². The van der Waals surface area contributed by atoms with Crippen LogP contribution in [0, 0.1) is 11.8 Å². The van der Waals surface area contributed by atoms with Crippen LogP contribution in [0.3, 0.4) is 0 Å². The van der Waals surface area contributed by atoms with Gasteiger partial charge in [0.2, 0.25) is 11.8 Å². The molecule has 0 aliphatic heterocycles. The molecule has 2 fully saturated rings. The molecule has 0 spiro atoms. The number of carbonyl (C=O) groups excluding carboxylic acids is 2. The summed E-state index contributed by atoms with van der Waals surface area (Å²) in [6, 6.07) is 6.65. The highest BCUT2D eigenvalue weighted by molar-refractivity contribution is 6.36. The summed E-state index contributed by atoms with van der Waals surface area (Å²) in [5.41, 5.74) is 0.878. The van der Waals surface area contributed by atoms with Crippen molar-refractivity contribution in [2.24, 2.45) is 11.8 Å². The number of nitrogens with one attached hydrogen (secondary N) is 2. The van der Waals surface area contributed by atoms with Crippen LogP contribution in [0.5, 0.6) is 5.75 Å². The van der Waals surface area contributed by atoms with E-state index in [-0.39, 0.29) is 46.1 Å². The Hall–Kier alpha value is -2.81. The van der Waals surface area contributed by atoms with Crippen LogP contribution < -0.4 is 15.4 Å². The van der Waals surface area contributed by atoms with E-state index in [1.165, 1.54) is 18.2 Å². The van der Waals surface area contributed by atoms with Crippen LogP contribution in [0.4, 0.5) is 24.8 Å². The number of ether oxygens (including phenoxy) is 1. The first-order valence-electron chi connectivity index (χ1n) is 9.38. The Morgan fingerprint density at radius 3 is 2.10 bits per heavy atom. The van der Waals surface area contributed by atoms with E-state index in [1.54, 1.807) is 0 Å². The van der Waals surface area contributed by atoms with Gasteiger partial charge >= 0.3 is 6.36 Å². The quantitative estimate of drug-likeness (QED) is 0.664. The molecule has 2 saturated carbocycles. The molecule has 30 heavy (non-hydrogen) atoms. The average Bonchev–Trinajstić information content (AvgIpc) is 3.55. The highest BCUT2D eigenvalue weighted by Crippen LogP contribution is 2.38. The van der Waals surface area contributed by atoms with Gasteiger partial charge in [-0.3, -0.25) is 9.59 Å². The molecule has 1 aromatic carbocycles. The van der Waals surface area contributed by atoms with Crippen molar-refractivity contribution in [3.8, 4) is 16.9 Å². The van der Waals surface area contributed by atoms with Gasteiger partial charge in [0.25, 0.3) is 0 Å². The van der Waals surface area contributed by atoms with Gasteiger partial charge in [0.1, 0.15) is 11.6 Å². The molecule has 2 amide bonds. The highest BCUT2D eigenvalue weighted by atomic mass is 35.5. The fourth-order valence-electron chi connectivity index (χ4n) is 2.86. The zero-order valence-corrected chi connectivity index (χ0v) is 16.3. The van der Waals surface area contributed by atoms with Crippen molar-refractivity contribution in [2.75, 3.05) is 10.6 Å². The summed E-state index contributed by atoms with van der Waals surface area (Å²) in [5, 5.41) is 5.51. The van der Waals surface area contributed by atoms with Crippen molar-refractivity contribution < 1.29 is 27.5 Å². The van der Waals surface area contributed by atoms with Gasteiger partial charge in [-0.1, -0.05) is 23.7 Å². The van der Waals surface area contributed by atoms with E-state index in [2.05, 4.69) is 20.4 Å². The number of amides is 2. The molecule has 0 atom stereocenters. The van der Waals surface area contributed by atoms with Gasteiger partial charge in [0.15, 0.2) is 5.82 Å². The number of benzene rings is 1. The molecular weight excluding hydrogens is 423 g/mol. The Balaban J connectivity index is 1.65. The molecule has 2 aromatic rings. The van der Waals surface area contributed by atoms with Crippen LogP contribution in [-0.2, 0) is 9.59 Å². The van der Waals surface area contributed by atoms with E-state index in [9.17, 15) is 22.8 Å². The maximum absolute atomic E-state index is 12.4. The summed E-state index contributed by atoms with van der Waals surface area (Å²) in [4.78, 5) is 28.6. The molecule has 4 rings (SSSR count).